The Labute approximate surface area is 79.0 Å². The predicted octanol–water partition coefficient (Wildman–Crippen LogP) is 1.47. The highest BCUT2D eigenvalue weighted by molar-refractivity contribution is 6.34. The SMILES string of the molecule is C/C(=N/NCCC(C)(C)C)C(=O)O. The van der Waals surface area contributed by atoms with E-state index in [2.05, 4.69) is 31.3 Å². The second-order valence-corrected chi connectivity index (χ2v) is 4.22. The van der Waals surface area contributed by atoms with Gasteiger partial charge >= 0.3 is 5.97 Å². The van der Waals surface area contributed by atoms with Gasteiger partial charge in [-0.2, -0.15) is 5.10 Å². The van der Waals surface area contributed by atoms with E-state index < -0.39 is 5.97 Å². The summed E-state index contributed by atoms with van der Waals surface area (Å²) in [6.45, 7) is 8.55. The minimum absolute atomic E-state index is 0.0916. The molecule has 4 nitrogen and oxygen atoms in total. The lowest BCUT2D eigenvalue weighted by Crippen LogP contribution is -2.19. The van der Waals surface area contributed by atoms with Crippen LogP contribution in [0.2, 0.25) is 0 Å². The van der Waals surface area contributed by atoms with Crippen molar-refractivity contribution in [2.45, 2.75) is 34.1 Å². The Balaban J connectivity index is 3.68. The Hall–Kier alpha value is -1.06. The van der Waals surface area contributed by atoms with E-state index in [-0.39, 0.29) is 11.1 Å². The molecule has 0 aromatic carbocycles. The molecule has 0 atom stereocenters. The lowest BCUT2D eigenvalue weighted by Gasteiger charge is -2.17. The molecule has 13 heavy (non-hydrogen) atoms. The molecule has 0 radical (unpaired) electrons. The number of rotatable bonds is 4. The van der Waals surface area contributed by atoms with Gasteiger partial charge in [-0.25, -0.2) is 4.79 Å². The summed E-state index contributed by atoms with van der Waals surface area (Å²) in [5, 5.41) is 12.2. The number of nitrogens with zero attached hydrogens (tertiary/aromatic N) is 1. The van der Waals surface area contributed by atoms with Crippen LogP contribution in [0.4, 0.5) is 0 Å². The summed E-state index contributed by atoms with van der Waals surface area (Å²) >= 11 is 0. The molecule has 76 valence electrons. The minimum Gasteiger partial charge on any atom is -0.477 e. The van der Waals surface area contributed by atoms with E-state index in [1.54, 1.807) is 0 Å². The van der Waals surface area contributed by atoms with Crippen LogP contribution in [-0.4, -0.2) is 23.3 Å². The molecule has 0 saturated heterocycles. The lowest BCUT2D eigenvalue weighted by atomic mass is 9.93. The van der Waals surface area contributed by atoms with Gasteiger partial charge in [0.25, 0.3) is 0 Å². The van der Waals surface area contributed by atoms with Crippen LogP contribution in [0, 0.1) is 5.41 Å². The van der Waals surface area contributed by atoms with Crippen LogP contribution in [0.15, 0.2) is 5.10 Å². The normalized spacial score (nSPS) is 12.8. The first-order valence-corrected chi connectivity index (χ1v) is 4.33. The highest BCUT2D eigenvalue weighted by atomic mass is 16.4. The van der Waals surface area contributed by atoms with Crippen molar-refractivity contribution < 1.29 is 9.90 Å². The van der Waals surface area contributed by atoms with E-state index in [0.29, 0.717) is 6.54 Å². The molecule has 0 unspecified atom stereocenters. The molecule has 0 fully saturated rings. The minimum atomic E-state index is -0.983. The van der Waals surface area contributed by atoms with Crippen LogP contribution in [0.1, 0.15) is 34.1 Å². The van der Waals surface area contributed by atoms with Gasteiger partial charge in [-0.3, -0.25) is 0 Å². The number of carboxylic acids is 1. The first-order chi connectivity index (χ1) is 5.83. The zero-order chi connectivity index (χ0) is 10.5. The fourth-order valence-electron chi connectivity index (χ4n) is 0.653. The average molecular weight is 186 g/mol. The number of hydrogen-bond acceptors (Lipinski definition) is 3. The highest BCUT2D eigenvalue weighted by Gasteiger charge is 2.08. The quantitative estimate of drug-likeness (QED) is 0.397. The van der Waals surface area contributed by atoms with Crippen molar-refractivity contribution in [3.8, 4) is 0 Å². The molecule has 0 aromatic rings. The second kappa shape index (κ2) is 4.84. The summed E-state index contributed by atoms with van der Waals surface area (Å²) in [5.74, 6) is -0.983. The van der Waals surface area contributed by atoms with E-state index in [1.807, 2.05) is 0 Å². The summed E-state index contributed by atoms with van der Waals surface area (Å²) in [6.07, 6.45) is 0.962. The van der Waals surface area contributed by atoms with Gasteiger partial charge in [-0.15, -0.1) is 0 Å². The Kier molecular flexibility index (Phi) is 4.45. The maximum absolute atomic E-state index is 10.3. The van der Waals surface area contributed by atoms with Gasteiger partial charge in [0.1, 0.15) is 5.71 Å². The number of nitrogens with one attached hydrogen (secondary N) is 1. The van der Waals surface area contributed by atoms with Crippen LogP contribution in [0.25, 0.3) is 0 Å². The number of carboxylic acid groups (broad SMARTS) is 1. The first kappa shape index (κ1) is 11.9. The second-order valence-electron chi connectivity index (χ2n) is 4.22. The van der Waals surface area contributed by atoms with Gasteiger partial charge in [0.15, 0.2) is 0 Å². The topological polar surface area (TPSA) is 61.7 Å². The summed E-state index contributed by atoms with van der Waals surface area (Å²) in [5.41, 5.74) is 3.07. The van der Waals surface area contributed by atoms with Crippen molar-refractivity contribution in [2.24, 2.45) is 10.5 Å². The standard InChI is InChI=1S/C9H18N2O2/c1-7(8(12)13)11-10-6-5-9(2,3)4/h10H,5-6H2,1-4H3,(H,12,13)/b11-7-. The molecule has 0 aliphatic rings. The molecule has 0 aliphatic carbocycles. The molecule has 0 rings (SSSR count). The Morgan fingerprint density at radius 2 is 2.00 bits per heavy atom. The molecule has 0 spiro atoms. The molecule has 0 aromatic heterocycles. The van der Waals surface area contributed by atoms with Gasteiger partial charge in [0.05, 0.1) is 0 Å². The van der Waals surface area contributed by atoms with Crippen molar-refractivity contribution in [3.63, 3.8) is 0 Å². The number of aliphatic carboxylic acids is 1. The fourth-order valence-corrected chi connectivity index (χ4v) is 0.653. The van der Waals surface area contributed by atoms with Crippen LogP contribution in [0.5, 0.6) is 0 Å². The third-order valence-electron chi connectivity index (χ3n) is 1.54. The fraction of sp³-hybridized carbons (Fsp3) is 0.778. The number of carbonyl (C=O) groups is 1. The number of hydrazone groups is 1. The molecule has 0 bridgehead atoms. The van der Waals surface area contributed by atoms with Crippen molar-refractivity contribution in [1.29, 1.82) is 0 Å². The predicted molar refractivity (Wildman–Crippen MR) is 52.8 cm³/mol. The van der Waals surface area contributed by atoms with Crippen molar-refractivity contribution in [2.75, 3.05) is 6.54 Å². The first-order valence-electron chi connectivity index (χ1n) is 4.33. The van der Waals surface area contributed by atoms with Crippen LogP contribution in [-0.2, 0) is 4.79 Å². The molecular formula is C9H18N2O2. The van der Waals surface area contributed by atoms with Crippen LogP contribution >= 0.6 is 0 Å². The maximum Gasteiger partial charge on any atom is 0.351 e. The molecule has 0 saturated carbocycles. The Bertz CT molecular complexity index is 204. The van der Waals surface area contributed by atoms with Gasteiger partial charge in [-0.1, -0.05) is 20.8 Å². The lowest BCUT2D eigenvalue weighted by molar-refractivity contribution is -0.129. The Morgan fingerprint density at radius 1 is 1.46 bits per heavy atom. The third kappa shape index (κ3) is 7.31. The molecular weight excluding hydrogens is 168 g/mol. The highest BCUT2D eigenvalue weighted by Crippen LogP contribution is 2.16. The van der Waals surface area contributed by atoms with Gasteiger partial charge in [-0.05, 0) is 18.8 Å². The largest absolute Gasteiger partial charge is 0.477 e. The van der Waals surface area contributed by atoms with E-state index >= 15 is 0 Å². The third-order valence-corrected chi connectivity index (χ3v) is 1.54. The maximum atomic E-state index is 10.3. The molecule has 0 aliphatic heterocycles. The molecule has 0 amide bonds. The van der Waals surface area contributed by atoms with Gasteiger partial charge < -0.3 is 10.5 Å². The molecule has 4 heteroatoms. The van der Waals surface area contributed by atoms with E-state index in [4.69, 9.17) is 5.11 Å². The van der Waals surface area contributed by atoms with Gasteiger partial charge in [0.2, 0.25) is 0 Å². The average Bonchev–Trinajstić information content (AvgIpc) is 1.95. The summed E-state index contributed by atoms with van der Waals surface area (Å²) in [7, 11) is 0. The van der Waals surface area contributed by atoms with E-state index in [9.17, 15) is 4.79 Å². The van der Waals surface area contributed by atoms with E-state index in [0.717, 1.165) is 6.42 Å². The zero-order valence-electron chi connectivity index (χ0n) is 8.72. The van der Waals surface area contributed by atoms with Crippen molar-refractivity contribution in [1.82, 2.24) is 5.43 Å². The van der Waals surface area contributed by atoms with Crippen LogP contribution < -0.4 is 5.43 Å². The van der Waals surface area contributed by atoms with Crippen molar-refractivity contribution in [3.05, 3.63) is 0 Å². The summed E-state index contributed by atoms with van der Waals surface area (Å²) < 4.78 is 0. The number of hydrogen-bond donors (Lipinski definition) is 2. The van der Waals surface area contributed by atoms with Crippen molar-refractivity contribution >= 4 is 11.7 Å². The Morgan fingerprint density at radius 3 is 2.38 bits per heavy atom. The molecule has 2 N–H and O–H groups in total. The smallest absolute Gasteiger partial charge is 0.351 e. The molecule has 0 heterocycles. The van der Waals surface area contributed by atoms with Crippen LogP contribution in [0.3, 0.4) is 0 Å². The summed E-state index contributed by atoms with van der Waals surface area (Å²) in [4.78, 5) is 10.3. The zero-order valence-corrected chi connectivity index (χ0v) is 8.72. The summed E-state index contributed by atoms with van der Waals surface area (Å²) in [6, 6.07) is 0. The van der Waals surface area contributed by atoms with Gasteiger partial charge in [0, 0.05) is 6.54 Å². The van der Waals surface area contributed by atoms with E-state index in [1.165, 1.54) is 6.92 Å². The monoisotopic (exact) mass is 186 g/mol.